The minimum Gasteiger partial charge on any atom is -0.385 e. The van der Waals surface area contributed by atoms with Crippen molar-refractivity contribution in [1.82, 2.24) is 0 Å². The molecule has 0 amide bonds. The first-order valence-corrected chi connectivity index (χ1v) is 6.17. The van der Waals surface area contributed by atoms with Gasteiger partial charge in [-0.25, -0.2) is 0 Å². The highest BCUT2D eigenvalue weighted by atomic mass is 127. The van der Waals surface area contributed by atoms with Gasteiger partial charge in [-0.1, -0.05) is 8.93 Å². The maximum absolute atomic E-state index is 4.88. The number of unbranched alkanes of at least 4 members (excludes halogenated alkanes) is 1. The second kappa shape index (κ2) is 8.04. The van der Waals surface area contributed by atoms with Crippen molar-refractivity contribution in [3.63, 3.8) is 0 Å². The highest BCUT2D eigenvalue weighted by molar-refractivity contribution is 14.2. The fraction of sp³-hybridized carbons (Fsp3) is 1.00. The molecular weight excluding hydrogens is 235 g/mol. The van der Waals surface area contributed by atoms with Crippen LogP contribution in [0.4, 0.5) is 0 Å². The molecule has 50 valence electrons. The van der Waals surface area contributed by atoms with Crippen LogP contribution in [0.1, 0.15) is 12.8 Å². The fourth-order valence-electron chi connectivity index (χ4n) is 0.403. The Labute approximate surface area is 67.1 Å². The third-order valence-corrected chi connectivity index (χ3v) is 2.58. The normalized spacial score (nSPS) is 9.75. The highest BCUT2D eigenvalue weighted by Gasteiger charge is 1.84. The third-order valence-electron chi connectivity index (χ3n) is 0.820. The molecule has 0 spiro atoms. The first-order valence-electron chi connectivity index (χ1n) is 2.64. The molecule has 0 radical (unpaired) electrons. The van der Waals surface area contributed by atoms with E-state index in [1.165, 1.54) is 18.6 Å². The molecular formula is C5H11IOS. The lowest BCUT2D eigenvalue weighted by Crippen LogP contribution is -1.88. The Morgan fingerprint density at radius 2 is 2.25 bits per heavy atom. The van der Waals surface area contributed by atoms with Gasteiger partial charge >= 0.3 is 0 Å². The van der Waals surface area contributed by atoms with Gasteiger partial charge in [-0.2, -0.15) is 0 Å². The van der Waals surface area contributed by atoms with Crippen LogP contribution in [-0.4, -0.2) is 19.5 Å². The number of halogens is 1. The van der Waals surface area contributed by atoms with Crippen molar-refractivity contribution in [3.8, 4) is 0 Å². The van der Waals surface area contributed by atoms with E-state index in [1.807, 2.05) is 8.93 Å². The maximum Gasteiger partial charge on any atom is 0.0462 e. The molecule has 0 unspecified atom stereocenters. The summed E-state index contributed by atoms with van der Waals surface area (Å²) in [4.78, 5) is 0. The van der Waals surface area contributed by atoms with Gasteiger partial charge in [-0.15, -0.1) is 0 Å². The van der Waals surface area contributed by atoms with Crippen LogP contribution in [0.15, 0.2) is 0 Å². The largest absolute Gasteiger partial charge is 0.385 e. The van der Waals surface area contributed by atoms with E-state index in [0.717, 1.165) is 6.61 Å². The predicted octanol–water partition coefficient (Wildman–Crippen LogP) is 2.50. The zero-order valence-electron chi connectivity index (χ0n) is 5.02. The van der Waals surface area contributed by atoms with Crippen LogP contribution < -0.4 is 0 Å². The molecule has 0 aliphatic heterocycles. The van der Waals surface area contributed by atoms with Crippen LogP contribution >= 0.6 is 30.1 Å². The zero-order valence-corrected chi connectivity index (χ0v) is 8.00. The van der Waals surface area contributed by atoms with Gasteiger partial charge in [0.15, 0.2) is 0 Å². The first kappa shape index (κ1) is 9.04. The fourth-order valence-corrected chi connectivity index (χ4v) is 1.65. The standard InChI is InChI=1S/C5H11IOS/c1-7-4-2-3-5-8-6/h2-5H2,1H3. The summed E-state index contributed by atoms with van der Waals surface area (Å²) in [5.74, 6) is 1.25. The number of hydrogen-bond donors (Lipinski definition) is 0. The molecule has 0 saturated heterocycles. The van der Waals surface area contributed by atoms with Crippen molar-refractivity contribution in [2.24, 2.45) is 0 Å². The first-order chi connectivity index (χ1) is 3.91. The second-order valence-electron chi connectivity index (χ2n) is 1.51. The molecule has 1 nitrogen and oxygen atoms in total. The summed E-state index contributed by atoms with van der Waals surface area (Å²) in [7, 11) is 3.61. The van der Waals surface area contributed by atoms with E-state index in [1.54, 1.807) is 7.11 Å². The van der Waals surface area contributed by atoms with Crippen LogP contribution in [0.2, 0.25) is 0 Å². The monoisotopic (exact) mass is 246 g/mol. The van der Waals surface area contributed by atoms with Crippen molar-refractivity contribution >= 4 is 30.1 Å². The summed E-state index contributed by atoms with van der Waals surface area (Å²) in [6.07, 6.45) is 2.48. The van der Waals surface area contributed by atoms with E-state index >= 15 is 0 Å². The Bertz CT molecular complexity index is 37.4. The molecule has 0 saturated carbocycles. The van der Waals surface area contributed by atoms with Gasteiger partial charge in [0.2, 0.25) is 0 Å². The number of ether oxygens (including phenoxy) is 1. The molecule has 0 aromatic rings. The van der Waals surface area contributed by atoms with Crippen molar-refractivity contribution < 1.29 is 4.74 Å². The molecule has 0 fully saturated rings. The minimum atomic E-state index is 0.914. The highest BCUT2D eigenvalue weighted by Crippen LogP contribution is 2.12. The lowest BCUT2D eigenvalue weighted by molar-refractivity contribution is 0.194. The SMILES string of the molecule is COCCCCSI. The second-order valence-corrected chi connectivity index (χ2v) is 4.01. The van der Waals surface area contributed by atoms with E-state index in [4.69, 9.17) is 4.74 Å². The number of hydrogen-bond acceptors (Lipinski definition) is 2. The molecule has 0 aliphatic rings. The molecule has 0 heterocycles. The van der Waals surface area contributed by atoms with E-state index in [-0.39, 0.29) is 0 Å². The Balaban J connectivity index is 2.53. The van der Waals surface area contributed by atoms with Gasteiger partial charge in [0.1, 0.15) is 0 Å². The summed E-state index contributed by atoms with van der Waals surface area (Å²) in [5.41, 5.74) is 0. The van der Waals surface area contributed by atoms with Gasteiger partial charge in [-0.05, 0) is 34.0 Å². The molecule has 0 rings (SSSR count). The summed E-state index contributed by atoms with van der Waals surface area (Å²) in [6, 6.07) is 0. The average molecular weight is 246 g/mol. The topological polar surface area (TPSA) is 9.23 Å². The third kappa shape index (κ3) is 7.04. The van der Waals surface area contributed by atoms with Crippen molar-refractivity contribution in [1.29, 1.82) is 0 Å². The van der Waals surface area contributed by atoms with E-state index in [2.05, 4.69) is 21.2 Å². The van der Waals surface area contributed by atoms with Crippen molar-refractivity contribution in [3.05, 3.63) is 0 Å². The van der Waals surface area contributed by atoms with Gasteiger partial charge in [0.05, 0.1) is 0 Å². The summed E-state index contributed by atoms with van der Waals surface area (Å²) in [6.45, 7) is 0.914. The van der Waals surface area contributed by atoms with Crippen LogP contribution in [0.3, 0.4) is 0 Å². The molecule has 3 heteroatoms. The Morgan fingerprint density at radius 1 is 1.50 bits per heavy atom. The Hall–Kier alpha value is 1.04. The predicted molar refractivity (Wildman–Crippen MR) is 47.6 cm³/mol. The number of rotatable bonds is 5. The molecule has 0 aliphatic carbocycles. The van der Waals surface area contributed by atoms with Gasteiger partial charge in [0, 0.05) is 19.5 Å². The molecule has 0 atom stereocenters. The van der Waals surface area contributed by atoms with E-state index < -0.39 is 0 Å². The number of methoxy groups -OCH3 is 1. The van der Waals surface area contributed by atoms with Crippen LogP contribution in [0.5, 0.6) is 0 Å². The zero-order chi connectivity index (χ0) is 6.24. The lowest BCUT2D eigenvalue weighted by atomic mass is 10.4. The van der Waals surface area contributed by atoms with Crippen LogP contribution in [0.25, 0.3) is 0 Å². The van der Waals surface area contributed by atoms with Crippen molar-refractivity contribution in [2.75, 3.05) is 19.5 Å². The molecule has 0 N–H and O–H groups in total. The van der Waals surface area contributed by atoms with Crippen molar-refractivity contribution in [2.45, 2.75) is 12.8 Å². The minimum absolute atomic E-state index is 0.914. The Morgan fingerprint density at radius 3 is 2.75 bits per heavy atom. The average Bonchev–Trinajstić information content (AvgIpc) is 1.81. The Kier molecular flexibility index (Phi) is 9.09. The molecule has 0 aromatic carbocycles. The van der Waals surface area contributed by atoms with Gasteiger partial charge < -0.3 is 4.74 Å². The molecule has 0 aromatic heterocycles. The molecule has 0 bridgehead atoms. The smallest absolute Gasteiger partial charge is 0.0462 e. The van der Waals surface area contributed by atoms with Crippen LogP contribution in [0, 0.1) is 0 Å². The maximum atomic E-state index is 4.88. The quantitative estimate of drug-likeness (QED) is 0.544. The van der Waals surface area contributed by atoms with Gasteiger partial charge in [-0.3, -0.25) is 0 Å². The summed E-state index contributed by atoms with van der Waals surface area (Å²) < 4.78 is 4.88. The van der Waals surface area contributed by atoms with Gasteiger partial charge in [0.25, 0.3) is 0 Å². The van der Waals surface area contributed by atoms with E-state index in [0.29, 0.717) is 0 Å². The lowest BCUT2D eigenvalue weighted by Gasteiger charge is -1.94. The summed E-state index contributed by atoms with van der Waals surface area (Å²) in [5, 5.41) is 0. The molecule has 8 heavy (non-hydrogen) atoms. The van der Waals surface area contributed by atoms with Crippen LogP contribution in [-0.2, 0) is 4.74 Å². The summed E-state index contributed by atoms with van der Waals surface area (Å²) >= 11 is 2.32. The van der Waals surface area contributed by atoms with E-state index in [9.17, 15) is 0 Å².